The summed E-state index contributed by atoms with van der Waals surface area (Å²) in [5.41, 5.74) is 1.72. The van der Waals surface area contributed by atoms with Gasteiger partial charge in [-0.1, -0.05) is 42.5 Å². The van der Waals surface area contributed by atoms with Crippen molar-refractivity contribution in [1.82, 2.24) is 15.1 Å². The summed E-state index contributed by atoms with van der Waals surface area (Å²) in [5, 5.41) is 8.22. The molecule has 1 aromatic heterocycles. The molecule has 2 aromatic carbocycles. The zero-order chi connectivity index (χ0) is 19.3. The van der Waals surface area contributed by atoms with Crippen LogP contribution in [0.1, 0.15) is 10.8 Å². The van der Waals surface area contributed by atoms with Gasteiger partial charge in [-0.25, -0.2) is 0 Å². The second-order valence-corrected chi connectivity index (χ2v) is 8.11. The Labute approximate surface area is 175 Å². The van der Waals surface area contributed by atoms with Gasteiger partial charge in [-0.05, 0) is 45.4 Å². The second-order valence-electron chi connectivity index (χ2n) is 6.20. The molecule has 3 aromatic rings. The van der Waals surface area contributed by atoms with Crippen LogP contribution in [0.15, 0.2) is 68.7 Å². The second kappa shape index (κ2) is 8.89. The topological polar surface area (TPSA) is 68.5 Å². The molecule has 0 bridgehead atoms. The van der Waals surface area contributed by atoms with Gasteiger partial charge >= 0.3 is 0 Å². The summed E-state index contributed by atoms with van der Waals surface area (Å²) in [6.07, 6.45) is 0. The molecule has 1 atom stereocenters. The van der Waals surface area contributed by atoms with Gasteiger partial charge in [0.05, 0.1) is 18.8 Å². The lowest BCUT2D eigenvalue weighted by Crippen LogP contribution is -2.42. The smallest absolute Gasteiger partial charge is 0.277 e. The average Bonchev–Trinajstić information content (AvgIpc) is 3.21. The van der Waals surface area contributed by atoms with Crippen LogP contribution < -0.4 is 0 Å². The Morgan fingerprint density at radius 1 is 1.04 bits per heavy atom. The number of aromatic nitrogens is 2. The first-order valence-electron chi connectivity index (χ1n) is 8.89. The molecule has 1 aliphatic heterocycles. The number of amides is 1. The molecule has 0 N–H and O–H groups in total. The lowest BCUT2D eigenvalue weighted by molar-refractivity contribution is -0.134. The van der Waals surface area contributed by atoms with E-state index in [1.165, 1.54) is 11.8 Å². The van der Waals surface area contributed by atoms with Gasteiger partial charge in [0.25, 0.3) is 5.22 Å². The predicted molar refractivity (Wildman–Crippen MR) is 110 cm³/mol. The highest BCUT2D eigenvalue weighted by atomic mass is 79.9. The third-order valence-electron chi connectivity index (χ3n) is 4.38. The maximum absolute atomic E-state index is 13.2. The third-order valence-corrected chi connectivity index (χ3v) is 6.15. The molecule has 0 aliphatic carbocycles. The van der Waals surface area contributed by atoms with Gasteiger partial charge in [-0.2, -0.15) is 0 Å². The first-order chi connectivity index (χ1) is 13.7. The van der Waals surface area contributed by atoms with Crippen LogP contribution in [0.3, 0.4) is 0 Å². The minimum absolute atomic E-state index is 0.0279. The summed E-state index contributed by atoms with van der Waals surface area (Å²) >= 11 is 4.78. The molecule has 1 fully saturated rings. The SMILES string of the molecule is O=C([C@@H](Sc1nnc(-c2ccccc2Br)o1)c1ccccc1)N1CCOCC1. The molecule has 1 aliphatic rings. The van der Waals surface area contributed by atoms with E-state index in [-0.39, 0.29) is 5.91 Å². The highest BCUT2D eigenvalue weighted by molar-refractivity contribution is 9.10. The Hall–Kier alpha value is -2.16. The Morgan fingerprint density at radius 2 is 1.75 bits per heavy atom. The Balaban J connectivity index is 1.59. The van der Waals surface area contributed by atoms with Crippen LogP contribution in [0.5, 0.6) is 0 Å². The molecule has 8 heteroatoms. The number of hydrogen-bond donors (Lipinski definition) is 0. The number of nitrogens with zero attached hydrogens (tertiary/aromatic N) is 3. The first-order valence-corrected chi connectivity index (χ1v) is 10.6. The van der Waals surface area contributed by atoms with E-state index in [4.69, 9.17) is 9.15 Å². The minimum Gasteiger partial charge on any atom is -0.411 e. The highest BCUT2D eigenvalue weighted by Crippen LogP contribution is 2.38. The van der Waals surface area contributed by atoms with Crippen LogP contribution in [0.2, 0.25) is 0 Å². The van der Waals surface area contributed by atoms with Gasteiger partial charge in [0, 0.05) is 17.6 Å². The number of ether oxygens (including phenoxy) is 1. The van der Waals surface area contributed by atoms with Crippen molar-refractivity contribution in [2.45, 2.75) is 10.5 Å². The standard InChI is InChI=1S/C20H18BrN3O3S/c21-16-9-5-4-8-15(16)18-22-23-20(27-18)28-17(14-6-2-1-3-7-14)19(25)24-10-12-26-13-11-24/h1-9,17H,10-13H2/t17-/m0/s1. The van der Waals surface area contributed by atoms with Crippen LogP contribution in [0, 0.1) is 0 Å². The molecule has 0 spiro atoms. The van der Waals surface area contributed by atoms with E-state index in [0.717, 1.165) is 15.6 Å². The van der Waals surface area contributed by atoms with Gasteiger partial charge in [-0.3, -0.25) is 4.79 Å². The number of benzene rings is 2. The molecule has 28 heavy (non-hydrogen) atoms. The van der Waals surface area contributed by atoms with E-state index in [1.807, 2.05) is 59.5 Å². The molecular weight excluding hydrogens is 442 g/mol. The largest absolute Gasteiger partial charge is 0.411 e. The van der Waals surface area contributed by atoms with E-state index in [0.29, 0.717) is 37.4 Å². The van der Waals surface area contributed by atoms with E-state index in [1.54, 1.807) is 0 Å². The van der Waals surface area contributed by atoms with Gasteiger partial charge in [0.2, 0.25) is 11.8 Å². The number of rotatable bonds is 5. The molecule has 6 nitrogen and oxygen atoms in total. The minimum atomic E-state index is -0.452. The quantitative estimate of drug-likeness (QED) is 0.532. The average molecular weight is 460 g/mol. The third kappa shape index (κ3) is 4.29. The summed E-state index contributed by atoms with van der Waals surface area (Å²) < 4.78 is 12.1. The van der Waals surface area contributed by atoms with E-state index in [9.17, 15) is 4.79 Å². The van der Waals surface area contributed by atoms with Crippen molar-refractivity contribution in [1.29, 1.82) is 0 Å². The van der Waals surface area contributed by atoms with Crippen molar-refractivity contribution in [3.8, 4) is 11.5 Å². The Kier molecular flexibility index (Phi) is 6.09. The summed E-state index contributed by atoms with van der Waals surface area (Å²) in [7, 11) is 0. The van der Waals surface area contributed by atoms with Crippen LogP contribution in [0.25, 0.3) is 11.5 Å². The monoisotopic (exact) mass is 459 g/mol. The van der Waals surface area contributed by atoms with Crippen molar-refractivity contribution in [3.63, 3.8) is 0 Å². The fourth-order valence-corrected chi connectivity index (χ4v) is 4.35. The number of thioether (sulfide) groups is 1. The molecule has 144 valence electrons. The van der Waals surface area contributed by atoms with E-state index >= 15 is 0 Å². The van der Waals surface area contributed by atoms with Crippen molar-refractivity contribution >= 4 is 33.6 Å². The van der Waals surface area contributed by atoms with Gasteiger partial charge in [0.15, 0.2) is 0 Å². The summed E-state index contributed by atoms with van der Waals surface area (Å²) in [5.74, 6) is 0.445. The fourth-order valence-electron chi connectivity index (χ4n) is 2.94. The molecule has 2 heterocycles. The molecule has 0 unspecified atom stereocenters. The van der Waals surface area contributed by atoms with E-state index in [2.05, 4.69) is 26.1 Å². The lowest BCUT2D eigenvalue weighted by atomic mass is 10.1. The zero-order valence-corrected chi connectivity index (χ0v) is 17.4. The van der Waals surface area contributed by atoms with E-state index < -0.39 is 5.25 Å². The van der Waals surface area contributed by atoms with Crippen LogP contribution >= 0.6 is 27.7 Å². The fraction of sp³-hybridized carbons (Fsp3) is 0.250. The van der Waals surface area contributed by atoms with Crippen LogP contribution in [-0.4, -0.2) is 47.3 Å². The molecule has 1 amide bonds. The van der Waals surface area contributed by atoms with Crippen LogP contribution in [0.4, 0.5) is 0 Å². The molecule has 4 rings (SSSR count). The molecule has 0 radical (unpaired) electrons. The van der Waals surface area contributed by atoms with Crippen LogP contribution in [-0.2, 0) is 9.53 Å². The number of hydrogen-bond acceptors (Lipinski definition) is 6. The van der Waals surface area contributed by atoms with Gasteiger partial charge in [0.1, 0.15) is 5.25 Å². The molecular formula is C20H18BrN3O3S. The number of halogens is 1. The van der Waals surface area contributed by atoms with Gasteiger partial charge < -0.3 is 14.1 Å². The Bertz CT molecular complexity index is 945. The highest BCUT2D eigenvalue weighted by Gasteiger charge is 2.30. The van der Waals surface area contributed by atoms with Crippen molar-refractivity contribution in [2.24, 2.45) is 0 Å². The summed E-state index contributed by atoms with van der Waals surface area (Å²) in [6.45, 7) is 2.30. The predicted octanol–water partition coefficient (Wildman–Crippen LogP) is 4.19. The number of carbonyl (C=O) groups excluding carboxylic acids is 1. The van der Waals surface area contributed by atoms with Crippen molar-refractivity contribution < 1.29 is 13.9 Å². The van der Waals surface area contributed by atoms with Crippen molar-refractivity contribution in [3.05, 3.63) is 64.6 Å². The van der Waals surface area contributed by atoms with Crippen molar-refractivity contribution in [2.75, 3.05) is 26.3 Å². The number of morpholine rings is 1. The summed E-state index contributed by atoms with van der Waals surface area (Å²) in [4.78, 5) is 15.0. The number of carbonyl (C=O) groups is 1. The lowest BCUT2D eigenvalue weighted by Gasteiger charge is -2.29. The molecule has 1 saturated heterocycles. The maximum atomic E-state index is 13.2. The molecule has 0 saturated carbocycles. The van der Waals surface area contributed by atoms with Gasteiger partial charge in [-0.15, -0.1) is 10.2 Å². The normalized spacial score (nSPS) is 15.4. The Morgan fingerprint density at radius 3 is 2.50 bits per heavy atom. The maximum Gasteiger partial charge on any atom is 0.277 e. The zero-order valence-electron chi connectivity index (χ0n) is 15.0. The first kappa shape index (κ1) is 19.2. The summed E-state index contributed by atoms with van der Waals surface area (Å²) in [6, 6.07) is 17.3.